The van der Waals surface area contributed by atoms with Gasteiger partial charge in [0, 0.05) is 18.3 Å². The van der Waals surface area contributed by atoms with E-state index in [1.807, 2.05) is 18.2 Å². The lowest BCUT2D eigenvalue weighted by atomic mass is 10.2. The van der Waals surface area contributed by atoms with Crippen LogP contribution in [-0.4, -0.2) is 22.1 Å². The highest BCUT2D eigenvalue weighted by atomic mass is 19.4. The maximum absolute atomic E-state index is 13.1. The third kappa shape index (κ3) is 2.92. The molecular weight excluding hydrogens is 309 g/mol. The van der Waals surface area contributed by atoms with Crippen LogP contribution in [0.15, 0.2) is 36.8 Å². The van der Waals surface area contributed by atoms with Crippen molar-refractivity contribution >= 4 is 16.9 Å². The number of nitrogens with one attached hydrogen (secondary N) is 2. The minimum atomic E-state index is -4.48. The molecule has 0 radical (unpaired) electrons. The summed E-state index contributed by atoms with van der Waals surface area (Å²) in [5.41, 5.74) is 0.149. The van der Waals surface area contributed by atoms with Crippen LogP contribution in [0.3, 0.4) is 0 Å². The van der Waals surface area contributed by atoms with E-state index in [4.69, 9.17) is 4.74 Å². The minimum Gasteiger partial charge on any atom is -0.496 e. The number of methoxy groups -OCH3 is 1. The number of alkyl halides is 3. The Bertz CT molecular complexity index is 829. The van der Waals surface area contributed by atoms with E-state index >= 15 is 0 Å². The standard InChI is InChI=1S/C15H13F3N4O/c1-23-11-5-3-2-4-9(11)6-19-13-12-10(15(16,17)18)7-20-14(12)22-8-21-13/h2-5,7-8H,6H2,1H3,(H2,19,20,21,22). The van der Waals surface area contributed by atoms with Crippen molar-refractivity contribution in [1.29, 1.82) is 0 Å². The fraction of sp³-hybridized carbons (Fsp3) is 0.200. The number of ether oxygens (including phenoxy) is 1. The Morgan fingerprint density at radius 1 is 1.22 bits per heavy atom. The molecule has 120 valence electrons. The van der Waals surface area contributed by atoms with Crippen LogP contribution in [0.5, 0.6) is 5.75 Å². The van der Waals surface area contributed by atoms with Gasteiger partial charge in [-0.1, -0.05) is 18.2 Å². The van der Waals surface area contributed by atoms with Gasteiger partial charge in [0.2, 0.25) is 0 Å². The lowest BCUT2D eigenvalue weighted by Gasteiger charge is -2.11. The highest BCUT2D eigenvalue weighted by Gasteiger charge is 2.35. The molecule has 2 aromatic heterocycles. The molecule has 0 aliphatic heterocycles. The normalized spacial score (nSPS) is 11.7. The zero-order valence-electron chi connectivity index (χ0n) is 12.1. The first kappa shape index (κ1) is 15.1. The fourth-order valence-corrected chi connectivity index (χ4v) is 2.35. The van der Waals surface area contributed by atoms with Crippen LogP contribution in [-0.2, 0) is 12.7 Å². The molecule has 23 heavy (non-hydrogen) atoms. The molecule has 0 aliphatic carbocycles. The van der Waals surface area contributed by atoms with Gasteiger partial charge < -0.3 is 15.0 Å². The SMILES string of the molecule is COc1ccccc1CNc1ncnc2[nH]cc(C(F)(F)F)c12. The van der Waals surface area contributed by atoms with Crippen LogP contribution in [0.2, 0.25) is 0 Å². The molecular formula is C15H13F3N4O. The highest BCUT2D eigenvalue weighted by molar-refractivity contribution is 5.90. The second-order valence-corrected chi connectivity index (χ2v) is 4.81. The Hall–Kier alpha value is -2.77. The average Bonchev–Trinajstić information content (AvgIpc) is 2.98. The molecule has 5 nitrogen and oxygen atoms in total. The summed E-state index contributed by atoms with van der Waals surface area (Å²) >= 11 is 0. The van der Waals surface area contributed by atoms with E-state index in [2.05, 4.69) is 20.3 Å². The van der Waals surface area contributed by atoms with Crippen molar-refractivity contribution in [3.63, 3.8) is 0 Å². The number of H-pyrrole nitrogens is 1. The summed E-state index contributed by atoms with van der Waals surface area (Å²) in [5.74, 6) is 0.768. The van der Waals surface area contributed by atoms with Crippen LogP contribution in [0.4, 0.5) is 19.0 Å². The van der Waals surface area contributed by atoms with Gasteiger partial charge in [0.15, 0.2) is 0 Å². The molecule has 3 aromatic rings. The van der Waals surface area contributed by atoms with Crippen LogP contribution in [0, 0.1) is 0 Å². The van der Waals surface area contributed by atoms with Gasteiger partial charge in [0.25, 0.3) is 0 Å². The maximum Gasteiger partial charge on any atom is 0.418 e. The van der Waals surface area contributed by atoms with Gasteiger partial charge in [0.1, 0.15) is 23.5 Å². The monoisotopic (exact) mass is 322 g/mol. The summed E-state index contributed by atoms with van der Waals surface area (Å²) in [6.07, 6.45) is -2.37. The summed E-state index contributed by atoms with van der Waals surface area (Å²) in [6, 6.07) is 7.25. The predicted molar refractivity (Wildman–Crippen MR) is 79.2 cm³/mol. The Balaban J connectivity index is 1.96. The highest BCUT2D eigenvalue weighted by Crippen LogP contribution is 2.37. The Morgan fingerprint density at radius 2 is 2.00 bits per heavy atom. The molecule has 2 heterocycles. The average molecular weight is 322 g/mol. The van der Waals surface area contributed by atoms with Crippen molar-refractivity contribution < 1.29 is 17.9 Å². The molecule has 3 rings (SSSR count). The summed E-state index contributed by atoms with van der Waals surface area (Å²) < 4.78 is 44.5. The second kappa shape index (κ2) is 5.79. The molecule has 8 heteroatoms. The quantitative estimate of drug-likeness (QED) is 0.770. The van der Waals surface area contributed by atoms with Crippen LogP contribution in [0.1, 0.15) is 11.1 Å². The third-order valence-electron chi connectivity index (χ3n) is 3.41. The molecule has 0 saturated carbocycles. The van der Waals surface area contributed by atoms with E-state index < -0.39 is 11.7 Å². The summed E-state index contributed by atoms with van der Waals surface area (Å²) in [4.78, 5) is 10.3. The zero-order chi connectivity index (χ0) is 16.4. The molecule has 0 amide bonds. The molecule has 0 aliphatic rings. The van der Waals surface area contributed by atoms with Gasteiger partial charge >= 0.3 is 6.18 Å². The van der Waals surface area contributed by atoms with E-state index in [1.54, 1.807) is 6.07 Å². The smallest absolute Gasteiger partial charge is 0.418 e. The first-order chi connectivity index (χ1) is 11.0. The molecule has 0 saturated heterocycles. The van der Waals surface area contributed by atoms with E-state index in [1.165, 1.54) is 13.4 Å². The molecule has 1 aromatic carbocycles. The number of benzene rings is 1. The lowest BCUT2D eigenvalue weighted by Crippen LogP contribution is -2.08. The van der Waals surface area contributed by atoms with Crippen molar-refractivity contribution in [3.05, 3.63) is 47.9 Å². The molecule has 0 spiro atoms. The number of halogens is 3. The Labute approximate surface area is 129 Å². The van der Waals surface area contributed by atoms with Gasteiger partial charge in [-0.05, 0) is 6.07 Å². The summed E-state index contributed by atoms with van der Waals surface area (Å²) in [5, 5.41) is 2.85. The maximum atomic E-state index is 13.1. The number of anilines is 1. The van der Waals surface area contributed by atoms with Crippen molar-refractivity contribution in [3.8, 4) is 5.75 Å². The molecule has 0 unspecified atom stereocenters. The first-order valence-electron chi connectivity index (χ1n) is 6.75. The predicted octanol–water partition coefficient (Wildman–Crippen LogP) is 3.60. The topological polar surface area (TPSA) is 62.8 Å². The van der Waals surface area contributed by atoms with Crippen LogP contribution < -0.4 is 10.1 Å². The second-order valence-electron chi connectivity index (χ2n) is 4.81. The number of rotatable bonds is 4. The van der Waals surface area contributed by atoms with Gasteiger partial charge in [-0.2, -0.15) is 13.2 Å². The van der Waals surface area contributed by atoms with E-state index in [0.29, 0.717) is 5.75 Å². The number of fused-ring (bicyclic) bond motifs is 1. The molecule has 0 atom stereocenters. The van der Waals surface area contributed by atoms with Crippen molar-refractivity contribution in [2.75, 3.05) is 12.4 Å². The third-order valence-corrected chi connectivity index (χ3v) is 3.41. The fourth-order valence-electron chi connectivity index (χ4n) is 2.35. The van der Waals surface area contributed by atoms with E-state index in [-0.39, 0.29) is 23.4 Å². The van der Waals surface area contributed by atoms with Gasteiger partial charge in [-0.15, -0.1) is 0 Å². The number of nitrogens with zero attached hydrogens (tertiary/aromatic N) is 2. The Kier molecular flexibility index (Phi) is 3.81. The minimum absolute atomic E-state index is 0.0742. The number of hydrogen-bond acceptors (Lipinski definition) is 4. The number of para-hydroxylation sites is 1. The number of hydrogen-bond donors (Lipinski definition) is 2. The summed E-state index contributed by atoms with van der Waals surface area (Å²) in [6.45, 7) is 0.276. The molecule has 0 fully saturated rings. The first-order valence-corrected chi connectivity index (χ1v) is 6.75. The number of aromatic nitrogens is 3. The van der Waals surface area contributed by atoms with E-state index in [0.717, 1.165) is 11.8 Å². The summed E-state index contributed by atoms with van der Waals surface area (Å²) in [7, 11) is 1.54. The Morgan fingerprint density at radius 3 is 2.74 bits per heavy atom. The van der Waals surface area contributed by atoms with Gasteiger partial charge in [0.05, 0.1) is 18.1 Å². The van der Waals surface area contributed by atoms with Crippen LogP contribution >= 0.6 is 0 Å². The zero-order valence-corrected chi connectivity index (χ0v) is 12.1. The van der Waals surface area contributed by atoms with Crippen molar-refractivity contribution in [2.24, 2.45) is 0 Å². The molecule has 2 N–H and O–H groups in total. The van der Waals surface area contributed by atoms with E-state index in [9.17, 15) is 13.2 Å². The van der Waals surface area contributed by atoms with Gasteiger partial charge in [-0.25, -0.2) is 9.97 Å². The van der Waals surface area contributed by atoms with Crippen LogP contribution in [0.25, 0.3) is 11.0 Å². The van der Waals surface area contributed by atoms with Crippen molar-refractivity contribution in [2.45, 2.75) is 12.7 Å². The molecule has 0 bridgehead atoms. The number of aromatic amines is 1. The largest absolute Gasteiger partial charge is 0.496 e. The van der Waals surface area contributed by atoms with Gasteiger partial charge in [-0.3, -0.25) is 0 Å². The van der Waals surface area contributed by atoms with Crippen molar-refractivity contribution in [1.82, 2.24) is 15.0 Å². The lowest BCUT2D eigenvalue weighted by molar-refractivity contribution is -0.136.